The molecule has 4 heterocycles. The van der Waals surface area contributed by atoms with Crippen molar-refractivity contribution >= 4 is 18.7 Å². The Bertz CT molecular complexity index is 936. The molecule has 0 bridgehead atoms. The van der Waals surface area contributed by atoms with Crippen molar-refractivity contribution in [2.24, 2.45) is 5.92 Å². The van der Waals surface area contributed by atoms with Crippen LogP contribution in [-0.4, -0.2) is 53.9 Å². The minimum Gasteiger partial charge on any atom is -0.425 e. The molecule has 1 aliphatic carbocycles. The average Bonchev–Trinajstić information content (AvgIpc) is 3.68. The smallest absolute Gasteiger partial charge is 0.425 e. The number of carbonyl (C=O) groups excluding carboxylic acids is 2. The van der Waals surface area contributed by atoms with E-state index in [1.54, 1.807) is 38.8 Å². The zero-order valence-electron chi connectivity index (χ0n) is 18.6. The van der Waals surface area contributed by atoms with Crippen LogP contribution in [0.2, 0.25) is 0 Å². The molecule has 13 heteroatoms. The Morgan fingerprint density at radius 2 is 1.43 bits per heavy atom. The molecule has 35 heavy (non-hydrogen) atoms. The predicted molar refractivity (Wildman–Crippen MR) is 116 cm³/mol. The third-order valence-corrected chi connectivity index (χ3v) is 5.08. The SMILES string of the molecule is O=C1CCC[C@H]([C@@H]2O[CH][CH][CH]C2=O)C1.[C-]#[O+].[C-]#[O+].[Mo+2].c1cnn([B-](n2cccn2)n2cccn2)c1. The average molecular weight is 557 g/mol. The van der Waals surface area contributed by atoms with Crippen LogP contribution in [0.5, 0.6) is 0 Å². The number of hydrogen-bond donors (Lipinski definition) is 0. The summed E-state index contributed by atoms with van der Waals surface area (Å²) < 4.78 is 25.6. The molecule has 0 unspecified atom stereocenters. The first-order valence-corrected chi connectivity index (χ1v) is 10.3. The minimum absolute atomic E-state index is 0. The van der Waals surface area contributed by atoms with E-state index in [4.69, 9.17) is 14.0 Å². The second-order valence-electron chi connectivity index (χ2n) is 7.15. The van der Waals surface area contributed by atoms with Gasteiger partial charge >= 0.3 is 43.7 Å². The van der Waals surface area contributed by atoms with Crippen molar-refractivity contribution in [3.63, 3.8) is 0 Å². The van der Waals surface area contributed by atoms with Gasteiger partial charge in [-0.3, -0.25) is 9.59 Å². The van der Waals surface area contributed by atoms with E-state index in [2.05, 4.69) is 28.6 Å². The van der Waals surface area contributed by atoms with Crippen LogP contribution >= 0.6 is 0 Å². The summed E-state index contributed by atoms with van der Waals surface area (Å²) >= 11 is 0. The Labute approximate surface area is 218 Å². The number of ether oxygens (including phenoxy) is 1. The van der Waals surface area contributed by atoms with Crippen molar-refractivity contribution in [2.75, 3.05) is 0 Å². The van der Waals surface area contributed by atoms with E-state index in [1.807, 2.05) is 36.8 Å². The standard InChI is InChI=1S/C11H13O3.C9H9BN6.2CO.Mo/c12-9-4-1-3-8(7-9)11-10(13)5-2-6-14-11;1-4-11-14(7-1)10(15-8-2-5-12-15)16-9-3-6-13-16;2*1-2;/h2,5-6,8,11H,1,3-4,7H2;1-9H;;;/q;-1;;;+2/t8-,11-;;;;/m0..../s1. The molecule has 1 aliphatic heterocycles. The number of Topliss-reactive ketones (excluding diaryl/α,β-unsaturated/α-hetero) is 2. The van der Waals surface area contributed by atoms with Crippen molar-refractivity contribution in [3.8, 4) is 0 Å². The van der Waals surface area contributed by atoms with Gasteiger partial charge in [-0.1, -0.05) is 0 Å². The van der Waals surface area contributed by atoms with Gasteiger partial charge in [-0.15, -0.1) is 0 Å². The second-order valence-corrected chi connectivity index (χ2v) is 7.15. The number of hydrogen-bond acceptors (Lipinski definition) is 6. The molecule has 5 rings (SSSR count). The maximum Gasteiger partial charge on any atom is 2.00 e. The topological polar surface area (TPSA) is 137 Å². The van der Waals surface area contributed by atoms with Gasteiger partial charge in [0, 0.05) is 44.3 Å². The first kappa shape index (κ1) is 30.2. The molecular formula is C22H22BMoN6O5+. The molecule has 178 valence electrons. The van der Waals surface area contributed by atoms with Gasteiger partial charge in [0.2, 0.25) is 0 Å². The van der Waals surface area contributed by atoms with Gasteiger partial charge in [0.05, 0.1) is 6.61 Å². The molecule has 0 spiro atoms. The first-order chi connectivity index (χ1) is 16.7. The van der Waals surface area contributed by atoms with Crippen LogP contribution in [0.25, 0.3) is 0 Å². The van der Waals surface area contributed by atoms with E-state index in [1.165, 1.54) is 13.0 Å². The summed E-state index contributed by atoms with van der Waals surface area (Å²) in [5, 5.41) is 12.7. The molecule has 0 aromatic carbocycles. The Morgan fingerprint density at radius 1 is 0.914 bits per heavy atom. The van der Waals surface area contributed by atoms with E-state index in [-0.39, 0.29) is 45.7 Å². The van der Waals surface area contributed by atoms with Crippen molar-refractivity contribution in [1.82, 2.24) is 29.1 Å². The Morgan fingerprint density at radius 3 is 1.83 bits per heavy atom. The Kier molecular flexibility index (Phi) is 14.4. The molecule has 11 nitrogen and oxygen atoms in total. The summed E-state index contributed by atoms with van der Waals surface area (Å²) in [6, 6.07) is 5.62. The molecule has 0 N–H and O–H groups in total. The van der Waals surface area contributed by atoms with Gasteiger partial charge in [-0.2, -0.15) is 0 Å². The summed E-state index contributed by atoms with van der Waals surface area (Å²) in [6.45, 7) is 10.5. The fraction of sp³-hybridized carbons (Fsp3) is 0.273. The maximum absolute atomic E-state index is 11.5. The molecule has 2 aliphatic rings. The predicted octanol–water partition coefficient (Wildman–Crippen LogP) is 1.41. The van der Waals surface area contributed by atoms with Crippen LogP contribution in [0.1, 0.15) is 25.7 Å². The quantitative estimate of drug-likeness (QED) is 0.271. The normalized spacial score (nSPS) is 19.0. The summed E-state index contributed by atoms with van der Waals surface area (Å²) in [5.74, 6) is 0.337. The van der Waals surface area contributed by atoms with E-state index >= 15 is 0 Å². The second kappa shape index (κ2) is 16.7. The molecule has 0 amide bonds. The molecule has 1 saturated heterocycles. The molecule has 2 atom stereocenters. The van der Waals surface area contributed by atoms with E-state index < -0.39 is 6.10 Å². The Balaban J connectivity index is 0.000000301. The van der Waals surface area contributed by atoms with Gasteiger partial charge in [-0.05, 0) is 55.5 Å². The summed E-state index contributed by atoms with van der Waals surface area (Å²) in [4.78, 5) is 22.7. The van der Waals surface area contributed by atoms with Gasteiger partial charge in [0.25, 0.3) is 7.12 Å². The van der Waals surface area contributed by atoms with Crippen molar-refractivity contribution in [1.29, 1.82) is 0 Å². The van der Waals surface area contributed by atoms with Crippen LogP contribution in [0, 0.1) is 38.7 Å². The summed E-state index contributed by atoms with van der Waals surface area (Å²) in [7, 11) is -0.194. The van der Waals surface area contributed by atoms with E-state index in [0.29, 0.717) is 12.8 Å². The minimum atomic E-state index is -0.413. The third kappa shape index (κ3) is 8.71. The zero-order chi connectivity index (χ0) is 24.8. The van der Waals surface area contributed by atoms with Crippen molar-refractivity contribution in [2.45, 2.75) is 31.8 Å². The zero-order valence-corrected chi connectivity index (χ0v) is 20.6. The molecule has 4 radical (unpaired) electrons. The molecule has 1 saturated carbocycles. The van der Waals surface area contributed by atoms with E-state index in [0.717, 1.165) is 12.8 Å². The van der Waals surface area contributed by atoms with Crippen molar-refractivity contribution < 1.29 is 44.7 Å². The first-order valence-electron chi connectivity index (χ1n) is 10.3. The van der Waals surface area contributed by atoms with Gasteiger partial charge in [0.1, 0.15) is 11.9 Å². The fourth-order valence-corrected chi connectivity index (χ4v) is 3.70. The van der Waals surface area contributed by atoms with Crippen LogP contribution in [0.3, 0.4) is 0 Å². The van der Waals surface area contributed by atoms with Crippen LogP contribution in [0.4, 0.5) is 0 Å². The van der Waals surface area contributed by atoms with Crippen molar-refractivity contribution in [3.05, 3.63) is 88.1 Å². The number of carbonyl (C=O) groups is 2. The van der Waals surface area contributed by atoms with Crippen LogP contribution in [-0.2, 0) is 44.7 Å². The number of ketones is 2. The molecule has 3 aromatic heterocycles. The Hall–Kier alpha value is -2.84. The number of nitrogens with zero attached hydrogens (tertiary/aromatic N) is 6. The summed E-state index contributed by atoms with van der Waals surface area (Å²) in [6.07, 6.45) is 16.5. The maximum atomic E-state index is 11.5. The third-order valence-electron chi connectivity index (χ3n) is 5.08. The van der Waals surface area contributed by atoms with Gasteiger partial charge in [0.15, 0.2) is 5.78 Å². The van der Waals surface area contributed by atoms with Gasteiger partial charge in [-0.25, -0.2) is 15.3 Å². The van der Waals surface area contributed by atoms with E-state index in [9.17, 15) is 9.59 Å². The van der Waals surface area contributed by atoms with Crippen LogP contribution in [0.15, 0.2) is 55.4 Å². The van der Waals surface area contributed by atoms with Gasteiger partial charge < -0.3 is 18.5 Å². The molecular weight excluding hydrogens is 535 g/mol. The molecule has 2 fully saturated rings. The van der Waals surface area contributed by atoms with Crippen LogP contribution < -0.4 is 0 Å². The molecule has 3 aromatic rings. The number of rotatable bonds is 4. The summed E-state index contributed by atoms with van der Waals surface area (Å²) in [5.41, 5.74) is 0. The number of aromatic nitrogens is 6. The largest absolute Gasteiger partial charge is 2.00 e. The fourth-order valence-electron chi connectivity index (χ4n) is 3.70. The monoisotopic (exact) mass is 559 g/mol.